The van der Waals surface area contributed by atoms with E-state index in [2.05, 4.69) is 5.32 Å². The fraction of sp³-hybridized carbons (Fsp3) is 0.259. The number of benzene rings is 3. The number of amides is 2. The van der Waals surface area contributed by atoms with Crippen molar-refractivity contribution in [3.8, 4) is 17.2 Å². The van der Waals surface area contributed by atoms with Gasteiger partial charge < -0.3 is 24.4 Å². The van der Waals surface area contributed by atoms with Gasteiger partial charge >= 0.3 is 0 Å². The zero-order valence-electron chi connectivity index (χ0n) is 19.7. The highest BCUT2D eigenvalue weighted by atomic mass is 35.5. The minimum absolute atomic E-state index is 0.166. The predicted molar refractivity (Wildman–Crippen MR) is 141 cm³/mol. The van der Waals surface area contributed by atoms with Crippen LogP contribution in [0.3, 0.4) is 0 Å². The number of nitrogens with zero attached hydrogens (tertiary/aromatic N) is 1. The summed E-state index contributed by atoms with van der Waals surface area (Å²) < 4.78 is 17.2. The van der Waals surface area contributed by atoms with Crippen LogP contribution in [0.2, 0.25) is 10.0 Å². The molecule has 3 aromatic rings. The number of anilines is 2. The van der Waals surface area contributed by atoms with Crippen molar-refractivity contribution in [3.63, 3.8) is 0 Å². The van der Waals surface area contributed by atoms with Crippen molar-refractivity contribution in [2.45, 2.75) is 25.9 Å². The Hall–Kier alpha value is -3.42. The molecule has 2 amide bonds. The highest BCUT2D eigenvalue weighted by Gasteiger charge is 2.31. The lowest BCUT2D eigenvalue weighted by atomic mass is 10.1. The number of nitrogens with one attached hydrogen (secondary N) is 1. The van der Waals surface area contributed by atoms with Crippen molar-refractivity contribution >= 4 is 46.4 Å². The molecule has 0 aliphatic carbocycles. The molecular formula is C27H26Cl2N2O5. The van der Waals surface area contributed by atoms with Gasteiger partial charge in [0, 0.05) is 17.1 Å². The van der Waals surface area contributed by atoms with Crippen molar-refractivity contribution in [2.75, 3.05) is 30.0 Å². The summed E-state index contributed by atoms with van der Waals surface area (Å²) in [5, 5.41) is 3.83. The molecule has 0 fully saturated rings. The third-order valence-electron chi connectivity index (χ3n) is 5.48. The molecule has 0 saturated carbocycles. The maximum Gasteiger partial charge on any atom is 0.267 e. The summed E-state index contributed by atoms with van der Waals surface area (Å²) in [6.07, 6.45) is 0.144. The summed E-state index contributed by atoms with van der Waals surface area (Å²) in [7, 11) is 0. The topological polar surface area (TPSA) is 77.1 Å². The van der Waals surface area contributed by atoms with Gasteiger partial charge in [-0.3, -0.25) is 9.59 Å². The van der Waals surface area contributed by atoms with Gasteiger partial charge in [-0.15, -0.1) is 0 Å². The molecule has 1 unspecified atom stereocenters. The van der Waals surface area contributed by atoms with Crippen molar-refractivity contribution in [3.05, 3.63) is 76.8 Å². The normalized spacial score (nSPS) is 14.6. The Morgan fingerprint density at radius 3 is 2.61 bits per heavy atom. The van der Waals surface area contributed by atoms with Crippen LogP contribution in [0.5, 0.6) is 17.2 Å². The number of ether oxygens (including phenoxy) is 3. The number of hydrogen-bond acceptors (Lipinski definition) is 5. The standard InChI is InChI=1S/C27H26Cl2N2O5/c1-18-27(33)31(13-15-34-21-6-3-2-4-7-21)23-17-20(10-12-25(23)36-18)30-26(32)8-5-14-35-24-11-9-19(28)16-22(24)29/h2-4,6-7,9-12,16-18H,5,8,13-15H2,1H3,(H,30,32). The lowest BCUT2D eigenvalue weighted by molar-refractivity contribution is -0.125. The molecule has 9 heteroatoms. The van der Waals surface area contributed by atoms with E-state index in [0.29, 0.717) is 59.1 Å². The van der Waals surface area contributed by atoms with E-state index in [4.69, 9.17) is 37.4 Å². The van der Waals surface area contributed by atoms with Crippen LogP contribution in [0.4, 0.5) is 11.4 Å². The summed E-state index contributed by atoms with van der Waals surface area (Å²) in [4.78, 5) is 26.9. The minimum atomic E-state index is -0.608. The number of para-hydroxylation sites is 1. The van der Waals surface area contributed by atoms with E-state index < -0.39 is 6.10 Å². The van der Waals surface area contributed by atoms with Crippen LogP contribution in [-0.4, -0.2) is 37.7 Å². The van der Waals surface area contributed by atoms with Crippen molar-refractivity contribution in [1.82, 2.24) is 0 Å². The van der Waals surface area contributed by atoms with Gasteiger partial charge in [-0.25, -0.2) is 0 Å². The summed E-state index contributed by atoms with van der Waals surface area (Å²) in [5.41, 5.74) is 1.16. The first-order valence-corrected chi connectivity index (χ1v) is 12.3. The SMILES string of the molecule is CC1Oc2ccc(NC(=O)CCCOc3ccc(Cl)cc3Cl)cc2N(CCOc2ccccc2)C1=O. The Morgan fingerprint density at radius 2 is 1.83 bits per heavy atom. The lowest BCUT2D eigenvalue weighted by Crippen LogP contribution is -2.46. The summed E-state index contributed by atoms with van der Waals surface area (Å²) in [6, 6.07) is 19.6. The molecule has 1 aliphatic heterocycles. The number of carbonyl (C=O) groups is 2. The van der Waals surface area contributed by atoms with Gasteiger partial charge in [0.2, 0.25) is 5.91 Å². The summed E-state index contributed by atoms with van der Waals surface area (Å²) in [5.74, 6) is 1.49. The molecule has 1 aliphatic rings. The second-order valence-corrected chi connectivity index (χ2v) is 9.01. The highest BCUT2D eigenvalue weighted by molar-refractivity contribution is 6.35. The molecular weight excluding hydrogens is 503 g/mol. The largest absolute Gasteiger partial charge is 0.492 e. The van der Waals surface area contributed by atoms with E-state index in [1.165, 1.54) is 0 Å². The van der Waals surface area contributed by atoms with Gasteiger partial charge in [-0.05, 0) is 61.9 Å². The fourth-order valence-corrected chi connectivity index (χ4v) is 4.18. The Labute approximate surface area is 219 Å². The Bertz CT molecular complexity index is 1220. The molecule has 0 saturated heterocycles. The second-order valence-electron chi connectivity index (χ2n) is 8.17. The van der Waals surface area contributed by atoms with E-state index in [0.717, 1.165) is 5.75 Å². The third kappa shape index (κ3) is 6.62. The molecule has 0 aromatic heterocycles. The average molecular weight is 529 g/mol. The first-order valence-electron chi connectivity index (χ1n) is 11.6. The summed E-state index contributed by atoms with van der Waals surface area (Å²) in [6.45, 7) is 2.70. The molecule has 4 rings (SSSR count). The zero-order chi connectivity index (χ0) is 25.5. The average Bonchev–Trinajstić information content (AvgIpc) is 2.86. The van der Waals surface area contributed by atoms with E-state index in [1.54, 1.807) is 48.2 Å². The zero-order valence-corrected chi connectivity index (χ0v) is 21.2. The van der Waals surface area contributed by atoms with Crippen LogP contribution in [0.25, 0.3) is 0 Å². The molecule has 1 heterocycles. The molecule has 0 spiro atoms. The molecule has 7 nitrogen and oxygen atoms in total. The van der Waals surface area contributed by atoms with Crippen LogP contribution in [0, 0.1) is 0 Å². The first-order chi connectivity index (χ1) is 17.4. The quantitative estimate of drug-likeness (QED) is 0.327. The van der Waals surface area contributed by atoms with E-state index in [-0.39, 0.29) is 18.2 Å². The lowest BCUT2D eigenvalue weighted by Gasteiger charge is -2.33. The minimum Gasteiger partial charge on any atom is -0.492 e. The van der Waals surface area contributed by atoms with Crippen LogP contribution in [0.15, 0.2) is 66.7 Å². The predicted octanol–water partition coefficient (Wildman–Crippen LogP) is 5.98. The van der Waals surface area contributed by atoms with Gasteiger partial charge in [-0.1, -0.05) is 41.4 Å². The van der Waals surface area contributed by atoms with E-state index in [1.807, 2.05) is 30.3 Å². The molecule has 36 heavy (non-hydrogen) atoms. The summed E-state index contributed by atoms with van der Waals surface area (Å²) >= 11 is 12.0. The number of rotatable bonds is 10. The third-order valence-corrected chi connectivity index (χ3v) is 6.01. The van der Waals surface area contributed by atoms with Gasteiger partial charge in [0.1, 0.15) is 23.9 Å². The Kier molecular flexibility index (Phi) is 8.57. The molecule has 1 N–H and O–H groups in total. The molecule has 0 radical (unpaired) electrons. The molecule has 188 valence electrons. The van der Waals surface area contributed by atoms with Crippen LogP contribution < -0.4 is 24.4 Å². The Balaban J connectivity index is 1.32. The van der Waals surface area contributed by atoms with E-state index in [9.17, 15) is 9.59 Å². The van der Waals surface area contributed by atoms with Gasteiger partial charge in [0.25, 0.3) is 5.91 Å². The molecule has 3 aromatic carbocycles. The van der Waals surface area contributed by atoms with Crippen LogP contribution >= 0.6 is 23.2 Å². The van der Waals surface area contributed by atoms with Gasteiger partial charge in [0.15, 0.2) is 6.10 Å². The number of hydrogen-bond donors (Lipinski definition) is 1. The maximum atomic E-state index is 12.8. The number of halogens is 2. The number of carbonyl (C=O) groups excluding carboxylic acids is 2. The molecule has 1 atom stereocenters. The first kappa shape index (κ1) is 25.7. The second kappa shape index (κ2) is 12.0. The van der Waals surface area contributed by atoms with Crippen molar-refractivity contribution < 1.29 is 23.8 Å². The maximum absolute atomic E-state index is 12.8. The molecule has 0 bridgehead atoms. The monoisotopic (exact) mass is 528 g/mol. The van der Waals surface area contributed by atoms with Gasteiger partial charge in [-0.2, -0.15) is 0 Å². The van der Waals surface area contributed by atoms with E-state index >= 15 is 0 Å². The van der Waals surface area contributed by atoms with Crippen LogP contribution in [0.1, 0.15) is 19.8 Å². The van der Waals surface area contributed by atoms with Crippen molar-refractivity contribution in [1.29, 1.82) is 0 Å². The van der Waals surface area contributed by atoms with Crippen molar-refractivity contribution in [2.24, 2.45) is 0 Å². The highest BCUT2D eigenvalue weighted by Crippen LogP contribution is 2.36. The Morgan fingerprint density at radius 1 is 1.03 bits per heavy atom. The van der Waals surface area contributed by atoms with Gasteiger partial charge in [0.05, 0.1) is 23.9 Å². The smallest absolute Gasteiger partial charge is 0.267 e. The number of fused-ring (bicyclic) bond motifs is 1. The van der Waals surface area contributed by atoms with Crippen LogP contribution in [-0.2, 0) is 9.59 Å². The fourth-order valence-electron chi connectivity index (χ4n) is 3.72.